The van der Waals surface area contributed by atoms with Crippen molar-refractivity contribution < 1.29 is 0 Å². The zero-order valence-corrected chi connectivity index (χ0v) is 10.1. The summed E-state index contributed by atoms with van der Waals surface area (Å²) in [7, 11) is 0. The fourth-order valence-corrected chi connectivity index (χ4v) is 2.84. The van der Waals surface area contributed by atoms with Crippen LogP contribution in [-0.4, -0.2) is 14.9 Å². The molecule has 1 aliphatic carbocycles. The van der Waals surface area contributed by atoms with E-state index in [4.69, 9.17) is 11.6 Å². The Bertz CT molecular complexity index is 308. The molecule has 1 heterocycles. The summed E-state index contributed by atoms with van der Waals surface area (Å²) in [5, 5.41) is 0.357. The van der Waals surface area contributed by atoms with Crippen LogP contribution in [0, 0.1) is 0 Å². The number of aryl methyl sites for hydroxylation is 1. The lowest BCUT2D eigenvalue weighted by molar-refractivity contribution is 0.419. The van der Waals surface area contributed by atoms with Crippen LogP contribution in [0.2, 0.25) is 0 Å². The summed E-state index contributed by atoms with van der Waals surface area (Å²) in [4.78, 5) is 4.50. The summed E-state index contributed by atoms with van der Waals surface area (Å²) in [6.07, 6.45) is 9.95. The number of aromatic nitrogens is 2. The van der Waals surface area contributed by atoms with Gasteiger partial charge < -0.3 is 4.57 Å². The van der Waals surface area contributed by atoms with Gasteiger partial charge in [0, 0.05) is 30.2 Å². The number of alkyl halides is 1. The molecule has 2 nitrogen and oxygen atoms in total. The lowest BCUT2D eigenvalue weighted by Crippen LogP contribution is -2.17. The molecule has 15 heavy (non-hydrogen) atoms. The van der Waals surface area contributed by atoms with Crippen LogP contribution in [-0.2, 0) is 6.54 Å². The van der Waals surface area contributed by atoms with Crippen LogP contribution in [0.1, 0.15) is 50.8 Å². The van der Waals surface area contributed by atoms with Crippen molar-refractivity contribution in [3.05, 3.63) is 18.2 Å². The van der Waals surface area contributed by atoms with E-state index >= 15 is 0 Å². The van der Waals surface area contributed by atoms with Crippen LogP contribution in [0.3, 0.4) is 0 Å². The molecule has 3 heteroatoms. The van der Waals surface area contributed by atoms with Crippen molar-refractivity contribution in [2.24, 2.45) is 0 Å². The Balaban J connectivity index is 2.10. The number of nitrogens with zero attached hydrogens (tertiary/aromatic N) is 2. The van der Waals surface area contributed by atoms with E-state index < -0.39 is 0 Å². The van der Waals surface area contributed by atoms with Crippen LogP contribution in [0.4, 0.5) is 0 Å². The highest BCUT2D eigenvalue weighted by Gasteiger charge is 2.24. The summed E-state index contributed by atoms with van der Waals surface area (Å²) in [5.41, 5.74) is 0. The van der Waals surface area contributed by atoms with Gasteiger partial charge in [0.25, 0.3) is 0 Å². The lowest BCUT2D eigenvalue weighted by atomic mass is 9.88. The molecule has 0 radical (unpaired) electrons. The van der Waals surface area contributed by atoms with Gasteiger partial charge in [-0.2, -0.15) is 0 Å². The molecule has 2 atom stereocenters. The molecular formula is C12H19ClN2. The third-order valence-corrected chi connectivity index (χ3v) is 3.58. The third-order valence-electron chi connectivity index (χ3n) is 3.19. The average Bonchev–Trinajstić information content (AvgIpc) is 2.66. The number of hydrogen-bond donors (Lipinski definition) is 0. The standard InChI is InChI=1S/C12H19ClN2/c1-2-7-15-8-6-14-12(15)10-4-3-5-11(13)9-10/h6,8,10-11H,2-5,7,9H2,1H3. The minimum absolute atomic E-state index is 0.357. The van der Waals surface area contributed by atoms with Gasteiger partial charge in [-0.05, 0) is 25.7 Å². The zero-order chi connectivity index (χ0) is 10.7. The van der Waals surface area contributed by atoms with Crippen molar-refractivity contribution in [1.29, 1.82) is 0 Å². The SMILES string of the molecule is CCCn1ccnc1C1CCCC(Cl)C1. The molecule has 0 saturated heterocycles. The molecule has 1 aromatic rings. The third kappa shape index (κ3) is 2.54. The van der Waals surface area contributed by atoms with Crippen LogP contribution in [0.5, 0.6) is 0 Å². The average molecular weight is 227 g/mol. The fraction of sp³-hybridized carbons (Fsp3) is 0.750. The lowest BCUT2D eigenvalue weighted by Gasteiger charge is -2.25. The molecule has 1 saturated carbocycles. The summed E-state index contributed by atoms with van der Waals surface area (Å²) in [6.45, 7) is 3.29. The van der Waals surface area contributed by atoms with E-state index in [1.807, 2.05) is 6.20 Å². The summed E-state index contributed by atoms with van der Waals surface area (Å²) in [5.74, 6) is 1.84. The van der Waals surface area contributed by atoms with Gasteiger partial charge in [-0.15, -0.1) is 11.6 Å². The van der Waals surface area contributed by atoms with Crippen molar-refractivity contribution in [3.63, 3.8) is 0 Å². The minimum atomic E-state index is 0.357. The smallest absolute Gasteiger partial charge is 0.111 e. The highest BCUT2D eigenvalue weighted by atomic mass is 35.5. The number of imidazole rings is 1. The molecule has 0 amide bonds. The first-order valence-electron chi connectivity index (χ1n) is 5.96. The van der Waals surface area contributed by atoms with Gasteiger partial charge >= 0.3 is 0 Å². The van der Waals surface area contributed by atoms with Gasteiger partial charge in [-0.1, -0.05) is 13.3 Å². The van der Waals surface area contributed by atoms with Gasteiger partial charge in [-0.25, -0.2) is 4.98 Å². The van der Waals surface area contributed by atoms with E-state index in [1.165, 1.54) is 31.5 Å². The first-order chi connectivity index (χ1) is 7.31. The second-order valence-electron chi connectivity index (χ2n) is 4.44. The Kier molecular flexibility index (Phi) is 3.68. The van der Waals surface area contributed by atoms with Crippen LogP contribution in [0.15, 0.2) is 12.4 Å². The first kappa shape index (κ1) is 11.0. The van der Waals surface area contributed by atoms with E-state index in [-0.39, 0.29) is 0 Å². The van der Waals surface area contributed by atoms with Crippen molar-refractivity contribution >= 4 is 11.6 Å². The summed E-state index contributed by atoms with van der Waals surface area (Å²) >= 11 is 6.22. The maximum absolute atomic E-state index is 6.22. The summed E-state index contributed by atoms with van der Waals surface area (Å²) in [6, 6.07) is 0. The van der Waals surface area contributed by atoms with E-state index in [2.05, 4.69) is 22.7 Å². The maximum Gasteiger partial charge on any atom is 0.111 e. The largest absolute Gasteiger partial charge is 0.335 e. The van der Waals surface area contributed by atoms with Crippen LogP contribution >= 0.6 is 11.6 Å². The Morgan fingerprint density at radius 1 is 1.53 bits per heavy atom. The molecular weight excluding hydrogens is 208 g/mol. The van der Waals surface area contributed by atoms with Gasteiger partial charge in [-0.3, -0.25) is 0 Å². The molecule has 0 aromatic carbocycles. The van der Waals surface area contributed by atoms with E-state index in [0.29, 0.717) is 11.3 Å². The molecule has 1 aliphatic rings. The molecule has 0 N–H and O–H groups in total. The van der Waals surface area contributed by atoms with Gasteiger partial charge in [0.1, 0.15) is 5.82 Å². The topological polar surface area (TPSA) is 17.8 Å². The van der Waals surface area contributed by atoms with Crippen molar-refractivity contribution in [2.75, 3.05) is 0 Å². The van der Waals surface area contributed by atoms with Crippen molar-refractivity contribution in [2.45, 2.75) is 56.9 Å². The van der Waals surface area contributed by atoms with E-state index in [9.17, 15) is 0 Å². The number of halogens is 1. The highest BCUT2D eigenvalue weighted by molar-refractivity contribution is 6.20. The number of hydrogen-bond acceptors (Lipinski definition) is 1. The van der Waals surface area contributed by atoms with Crippen LogP contribution in [0.25, 0.3) is 0 Å². The Morgan fingerprint density at radius 3 is 3.13 bits per heavy atom. The quantitative estimate of drug-likeness (QED) is 0.721. The zero-order valence-electron chi connectivity index (χ0n) is 9.32. The monoisotopic (exact) mass is 226 g/mol. The Labute approximate surface area is 96.7 Å². The molecule has 84 valence electrons. The molecule has 2 unspecified atom stereocenters. The number of rotatable bonds is 3. The summed E-state index contributed by atoms with van der Waals surface area (Å²) < 4.78 is 2.29. The second kappa shape index (κ2) is 5.02. The van der Waals surface area contributed by atoms with Crippen LogP contribution < -0.4 is 0 Å². The minimum Gasteiger partial charge on any atom is -0.335 e. The van der Waals surface area contributed by atoms with E-state index in [1.54, 1.807) is 0 Å². The maximum atomic E-state index is 6.22. The second-order valence-corrected chi connectivity index (χ2v) is 5.06. The highest BCUT2D eigenvalue weighted by Crippen LogP contribution is 2.34. The molecule has 2 rings (SSSR count). The molecule has 0 bridgehead atoms. The predicted molar refractivity (Wildman–Crippen MR) is 63.4 cm³/mol. The predicted octanol–water partition coefficient (Wildman–Crippen LogP) is 3.56. The molecule has 1 fully saturated rings. The van der Waals surface area contributed by atoms with Gasteiger partial charge in [0.2, 0.25) is 0 Å². The van der Waals surface area contributed by atoms with Gasteiger partial charge in [0.05, 0.1) is 0 Å². The molecule has 0 spiro atoms. The first-order valence-corrected chi connectivity index (χ1v) is 6.40. The van der Waals surface area contributed by atoms with Crippen molar-refractivity contribution in [3.8, 4) is 0 Å². The Hall–Kier alpha value is -0.500. The Morgan fingerprint density at radius 2 is 2.40 bits per heavy atom. The fourth-order valence-electron chi connectivity index (χ4n) is 2.48. The van der Waals surface area contributed by atoms with E-state index in [0.717, 1.165) is 13.0 Å². The molecule has 1 aromatic heterocycles. The van der Waals surface area contributed by atoms with Gasteiger partial charge in [0.15, 0.2) is 0 Å². The molecule has 0 aliphatic heterocycles. The normalized spacial score (nSPS) is 26.8. The van der Waals surface area contributed by atoms with Crippen molar-refractivity contribution in [1.82, 2.24) is 9.55 Å².